The van der Waals surface area contributed by atoms with Crippen molar-refractivity contribution in [3.63, 3.8) is 0 Å². The third-order valence-corrected chi connectivity index (χ3v) is 3.98. The van der Waals surface area contributed by atoms with E-state index in [1.165, 1.54) is 17.8 Å². The number of rotatable bonds is 6. The van der Waals surface area contributed by atoms with Crippen LogP contribution in [0.4, 0.5) is 11.6 Å². The number of aromatic nitrogens is 2. The summed E-state index contributed by atoms with van der Waals surface area (Å²) in [4.78, 5) is 20.2. The van der Waals surface area contributed by atoms with E-state index in [1.54, 1.807) is 14.0 Å². The molecule has 1 aromatic carbocycles. The molecule has 0 saturated carbocycles. The number of benzene rings is 1. The van der Waals surface area contributed by atoms with Crippen molar-refractivity contribution >= 4 is 29.3 Å². The van der Waals surface area contributed by atoms with E-state index in [4.69, 9.17) is 16.2 Å². The molecule has 1 heterocycles. The quantitative estimate of drug-likeness (QED) is 0.541. The molecule has 1 amide bonds. The van der Waals surface area contributed by atoms with Gasteiger partial charge in [0.15, 0.2) is 5.16 Å². The molecule has 1 aromatic heterocycles. The molecule has 0 spiro atoms. The van der Waals surface area contributed by atoms with Gasteiger partial charge in [-0.15, -0.1) is 0 Å². The third kappa shape index (κ3) is 5.03. The molecule has 7 nitrogen and oxygen atoms in total. The first-order valence-electron chi connectivity index (χ1n) is 6.95. The number of nitrogens with one attached hydrogen (secondary N) is 1. The lowest BCUT2D eigenvalue weighted by molar-refractivity contribution is -0.120. The zero-order valence-electron chi connectivity index (χ0n) is 12.9. The minimum Gasteiger partial charge on any atom is -0.497 e. The van der Waals surface area contributed by atoms with Crippen molar-refractivity contribution in [1.29, 1.82) is 0 Å². The molecule has 0 aliphatic carbocycles. The fraction of sp³-hybridized carbons (Fsp3) is 0.267. The Morgan fingerprint density at radius 2 is 1.87 bits per heavy atom. The molecule has 0 bridgehead atoms. The van der Waals surface area contributed by atoms with Crippen molar-refractivity contribution < 1.29 is 9.53 Å². The molecule has 0 aliphatic heterocycles. The zero-order chi connectivity index (χ0) is 16.8. The van der Waals surface area contributed by atoms with Gasteiger partial charge in [0.25, 0.3) is 0 Å². The van der Waals surface area contributed by atoms with Gasteiger partial charge in [0.2, 0.25) is 5.91 Å². The second-order valence-electron chi connectivity index (χ2n) is 4.83. The summed E-state index contributed by atoms with van der Waals surface area (Å²) in [5.41, 5.74) is 12.2. The molecule has 0 saturated heterocycles. The molecule has 0 radical (unpaired) electrons. The molecule has 0 fully saturated rings. The van der Waals surface area contributed by atoms with E-state index >= 15 is 0 Å². The van der Waals surface area contributed by atoms with Gasteiger partial charge in [0, 0.05) is 12.6 Å². The minimum absolute atomic E-state index is 0.115. The van der Waals surface area contributed by atoms with Gasteiger partial charge in [0.1, 0.15) is 17.4 Å². The first kappa shape index (κ1) is 16.9. The van der Waals surface area contributed by atoms with Crippen LogP contribution in [-0.2, 0) is 11.3 Å². The van der Waals surface area contributed by atoms with Crippen LogP contribution in [0.15, 0.2) is 35.5 Å². The normalized spacial score (nSPS) is 11.7. The van der Waals surface area contributed by atoms with Crippen LogP contribution in [-0.4, -0.2) is 28.2 Å². The molecule has 0 aliphatic rings. The summed E-state index contributed by atoms with van der Waals surface area (Å²) < 4.78 is 5.09. The predicted molar refractivity (Wildman–Crippen MR) is 91.0 cm³/mol. The molecule has 2 rings (SSSR count). The largest absolute Gasteiger partial charge is 0.497 e. The highest BCUT2D eigenvalue weighted by Gasteiger charge is 2.16. The fourth-order valence-electron chi connectivity index (χ4n) is 1.80. The number of ether oxygens (including phenoxy) is 1. The molecule has 5 N–H and O–H groups in total. The van der Waals surface area contributed by atoms with Gasteiger partial charge in [-0.2, -0.15) is 0 Å². The van der Waals surface area contributed by atoms with E-state index in [2.05, 4.69) is 15.3 Å². The van der Waals surface area contributed by atoms with Crippen LogP contribution in [0.3, 0.4) is 0 Å². The SMILES string of the molecule is COc1ccc(CNC(=O)[C@@H](C)Sc2nc(N)cc(N)n2)cc1. The Balaban J connectivity index is 1.89. The number of methoxy groups -OCH3 is 1. The summed E-state index contributed by atoms with van der Waals surface area (Å²) in [7, 11) is 1.61. The maximum atomic E-state index is 12.1. The monoisotopic (exact) mass is 333 g/mol. The molecule has 23 heavy (non-hydrogen) atoms. The Kier molecular flexibility index (Phi) is 5.64. The van der Waals surface area contributed by atoms with E-state index in [-0.39, 0.29) is 22.8 Å². The molecule has 122 valence electrons. The van der Waals surface area contributed by atoms with Crippen molar-refractivity contribution in [2.45, 2.75) is 23.9 Å². The topological polar surface area (TPSA) is 116 Å². The Hall–Kier alpha value is -2.48. The summed E-state index contributed by atoms with van der Waals surface area (Å²) in [5.74, 6) is 1.23. The maximum Gasteiger partial charge on any atom is 0.233 e. The Morgan fingerprint density at radius 1 is 1.26 bits per heavy atom. The van der Waals surface area contributed by atoms with Crippen LogP contribution in [0.25, 0.3) is 0 Å². The maximum absolute atomic E-state index is 12.1. The fourth-order valence-corrected chi connectivity index (χ4v) is 2.63. The van der Waals surface area contributed by atoms with Crippen molar-refractivity contribution in [3.8, 4) is 5.75 Å². The van der Waals surface area contributed by atoms with Crippen LogP contribution in [0.5, 0.6) is 5.75 Å². The summed E-state index contributed by atoms with van der Waals surface area (Å²) in [5, 5.41) is 2.88. The number of nitrogens with two attached hydrogens (primary N) is 2. The van der Waals surface area contributed by atoms with Crippen molar-refractivity contribution in [1.82, 2.24) is 15.3 Å². The van der Waals surface area contributed by atoms with Gasteiger partial charge < -0.3 is 21.5 Å². The lowest BCUT2D eigenvalue weighted by Crippen LogP contribution is -2.30. The van der Waals surface area contributed by atoms with E-state index in [1.807, 2.05) is 24.3 Å². The van der Waals surface area contributed by atoms with Gasteiger partial charge in [-0.3, -0.25) is 4.79 Å². The summed E-state index contributed by atoms with van der Waals surface area (Å²) in [6.45, 7) is 2.21. The molecule has 2 aromatic rings. The Labute approximate surface area is 138 Å². The van der Waals surface area contributed by atoms with Gasteiger partial charge in [-0.25, -0.2) is 9.97 Å². The first-order valence-corrected chi connectivity index (χ1v) is 7.83. The van der Waals surface area contributed by atoms with Crippen molar-refractivity contribution in [3.05, 3.63) is 35.9 Å². The van der Waals surface area contributed by atoms with Crippen LogP contribution >= 0.6 is 11.8 Å². The van der Waals surface area contributed by atoms with Gasteiger partial charge in [-0.05, 0) is 24.6 Å². The number of hydrogen-bond acceptors (Lipinski definition) is 7. The highest BCUT2D eigenvalue weighted by Crippen LogP contribution is 2.21. The number of hydrogen-bond donors (Lipinski definition) is 3. The van der Waals surface area contributed by atoms with Crippen molar-refractivity contribution in [2.24, 2.45) is 0 Å². The van der Waals surface area contributed by atoms with Crippen LogP contribution in [0.2, 0.25) is 0 Å². The molecular weight excluding hydrogens is 314 g/mol. The number of anilines is 2. The lowest BCUT2D eigenvalue weighted by atomic mass is 10.2. The highest BCUT2D eigenvalue weighted by atomic mass is 32.2. The van der Waals surface area contributed by atoms with Crippen molar-refractivity contribution in [2.75, 3.05) is 18.6 Å². The summed E-state index contributed by atoms with van der Waals surface area (Å²) in [6.07, 6.45) is 0. The molecular formula is C15H19N5O2S. The lowest BCUT2D eigenvalue weighted by Gasteiger charge is -2.12. The Bertz CT molecular complexity index is 658. The smallest absolute Gasteiger partial charge is 0.233 e. The number of nitrogen functional groups attached to an aromatic ring is 2. The number of carbonyl (C=O) groups is 1. The minimum atomic E-state index is -0.366. The third-order valence-electron chi connectivity index (χ3n) is 3.02. The number of amides is 1. The van der Waals surface area contributed by atoms with Gasteiger partial charge in [-0.1, -0.05) is 23.9 Å². The molecule has 8 heteroatoms. The van der Waals surface area contributed by atoms with Gasteiger partial charge >= 0.3 is 0 Å². The van der Waals surface area contributed by atoms with Gasteiger partial charge in [0.05, 0.1) is 12.4 Å². The number of carbonyl (C=O) groups excluding carboxylic acids is 1. The van der Waals surface area contributed by atoms with Crippen LogP contribution in [0, 0.1) is 0 Å². The highest BCUT2D eigenvalue weighted by molar-refractivity contribution is 8.00. The van der Waals surface area contributed by atoms with E-state index in [9.17, 15) is 4.79 Å². The first-order chi connectivity index (χ1) is 11.0. The average Bonchev–Trinajstić information content (AvgIpc) is 2.52. The second-order valence-corrected chi connectivity index (χ2v) is 6.13. The standard InChI is InChI=1S/C15H19N5O2S/c1-9(23-15-19-12(16)7-13(17)20-15)14(21)18-8-10-3-5-11(22-2)6-4-10/h3-7,9H,8H2,1-2H3,(H,18,21)(H4,16,17,19,20)/t9-/m1/s1. The van der Waals surface area contributed by atoms with Crippen LogP contribution in [0.1, 0.15) is 12.5 Å². The number of thioether (sulfide) groups is 1. The second kappa shape index (κ2) is 7.68. The predicted octanol–water partition coefficient (Wildman–Crippen LogP) is 1.45. The van der Waals surface area contributed by atoms with Crippen LogP contribution < -0.4 is 21.5 Å². The Morgan fingerprint density at radius 3 is 2.43 bits per heavy atom. The summed E-state index contributed by atoms with van der Waals surface area (Å²) in [6, 6.07) is 8.97. The molecule has 1 atom stereocenters. The number of nitrogens with zero attached hydrogens (tertiary/aromatic N) is 2. The zero-order valence-corrected chi connectivity index (χ0v) is 13.8. The molecule has 0 unspecified atom stereocenters. The average molecular weight is 333 g/mol. The summed E-state index contributed by atoms with van der Waals surface area (Å²) >= 11 is 1.21. The van der Waals surface area contributed by atoms with E-state index in [0.717, 1.165) is 11.3 Å². The van der Waals surface area contributed by atoms with E-state index in [0.29, 0.717) is 11.7 Å². The van der Waals surface area contributed by atoms with E-state index < -0.39 is 0 Å².